The Balaban J connectivity index is 2.45. The quantitative estimate of drug-likeness (QED) is 0.491. The average molecular weight is 285 g/mol. The maximum Gasteiger partial charge on any atom is 0.339 e. The molecule has 102 valence electrons. The van der Waals surface area contributed by atoms with Crippen LogP contribution in [0.3, 0.4) is 0 Å². The monoisotopic (exact) mass is 285 g/mol. The third kappa shape index (κ3) is 2.42. The van der Waals surface area contributed by atoms with Crippen molar-refractivity contribution in [3.63, 3.8) is 0 Å². The van der Waals surface area contributed by atoms with E-state index in [1.165, 1.54) is 24.1 Å². The van der Waals surface area contributed by atoms with Crippen molar-refractivity contribution in [3.8, 4) is 0 Å². The molecule has 1 aliphatic carbocycles. The topological polar surface area (TPSA) is 130 Å². The van der Waals surface area contributed by atoms with Gasteiger partial charge in [-0.1, -0.05) is 0 Å². The van der Waals surface area contributed by atoms with Crippen LogP contribution in [0, 0.1) is 0 Å². The molecule has 8 nitrogen and oxygen atoms in total. The Hall–Kier alpha value is -2.00. The van der Waals surface area contributed by atoms with Crippen molar-refractivity contribution in [1.29, 1.82) is 0 Å². The lowest BCUT2D eigenvalue weighted by atomic mass is 10.0. The predicted octanol–water partition coefficient (Wildman–Crippen LogP) is -0.551. The Morgan fingerprint density at radius 2 is 2.16 bits per heavy atom. The summed E-state index contributed by atoms with van der Waals surface area (Å²) >= 11 is 0. The van der Waals surface area contributed by atoms with Crippen molar-refractivity contribution in [2.45, 2.75) is 11.8 Å². The minimum Gasteiger partial charge on any atom is -0.356 e. The highest BCUT2D eigenvalue weighted by Crippen LogP contribution is 2.35. The van der Waals surface area contributed by atoms with Gasteiger partial charge in [-0.15, -0.1) is 0 Å². The highest BCUT2D eigenvalue weighted by molar-refractivity contribution is 7.86. The molecule has 9 heteroatoms. The second-order valence-electron chi connectivity index (χ2n) is 4.18. The number of rotatable bonds is 1. The van der Waals surface area contributed by atoms with Crippen LogP contribution in [0.4, 0.5) is 4.79 Å². The summed E-state index contributed by atoms with van der Waals surface area (Å²) in [6.07, 6.45) is 2.48. The molecule has 2 amide bonds. The van der Waals surface area contributed by atoms with Crippen LogP contribution in [0.15, 0.2) is 28.4 Å². The molecule has 1 unspecified atom stereocenters. The van der Waals surface area contributed by atoms with Crippen LogP contribution in [-0.4, -0.2) is 47.8 Å². The number of nitrogens with zero attached hydrogens (tertiary/aromatic N) is 2. The van der Waals surface area contributed by atoms with Crippen molar-refractivity contribution >= 4 is 27.6 Å². The van der Waals surface area contributed by atoms with E-state index in [2.05, 4.69) is 4.99 Å². The average Bonchev–Trinajstić information content (AvgIpc) is 2.56. The Bertz CT molecular complexity index is 659. The Kier molecular flexibility index (Phi) is 3.03. The molecule has 3 N–H and O–H groups in total. The van der Waals surface area contributed by atoms with Gasteiger partial charge >= 0.3 is 6.03 Å². The summed E-state index contributed by atoms with van der Waals surface area (Å²) in [7, 11) is -2.81. The zero-order valence-electron chi connectivity index (χ0n) is 9.90. The summed E-state index contributed by atoms with van der Waals surface area (Å²) in [5.41, 5.74) is 5.62. The first kappa shape index (κ1) is 13.4. The molecule has 0 saturated carbocycles. The smallest absolute Gasteiger partial charge is 0.339 e. The summed E-state index contributed by atoms with van der Waals surface area (Å²) in [4.78, 5) is 27.0. The van der Waals surface area contributed by atoms with Gasteiger partial charge in [0.25, 0.3) is 10.1 Å². The molecule has 0 aromatic heterocycles. The highest BCUT2D eigenvalue weighted by Gasteiger charge is 2.39. The van der Waals surface area contributed by atoms with E-state index in [4.69, 9.17) is 10.3 Å². The molecule has 1 saturated heterocycles. The van der Waals surface area contributed by atoms with Crippen molar-refractivity contribution in [1.82, 2.24) is 4.90 Å². The normalized spacial score (nSPS) is 25.2. The summed E-state index contributed by atoms with van der Waals surface area (Å²) < 4.78 is 31.5. The van der Waals surface area contributed by atoms with Crippen molar-refractivity contribution in [3.05, 3.63) is 23.4 Å². The number of fused-ring (bicyclic) bond motifs is 1. The SMILES string of the molecule is CN1C2=CC(=O)/C(=N/C(N)=O)C=C2CC1S(=O)(=O)O. The van der Waals surface area contributed by atoms with E-state index in [-0.39, 0.29) is 12.1 Å². The number of ketones is 1. The molecule has 0 aromatic carbocycles. The van der Waals surface area contributed by atoms with E-state index in [0.717, 1.165) is 0 Å². The van der Waals surface area contributed by atoms with E-state index >= 15 is 0 Å². The van der Waals surface area contributed by atoms with Gasteiger partial charge in [0.1, 0.15) is 5.71 Å². The number of hydrogen-bond donors (Lipinski definition) is 2. The molecule has 1 heterocycles. The van der Waals surface area contributed by atoms with Gasteiger partial charge in [0.05, 0.1) is 0 Å². The first-order chi connectivity index (χ1) is 8.70. The second-order valence-corrected chi connectivity index (χ2v) is 5.76. The molecule has 19 heavy (non-hydrogen) atoms. The first-order valence-electron chi connectivity index (χ1n) is 5.24. The lowest BCUT2D eigenvalue weighted by Gasteiger charge is -2.20. The number of likely N-dealkylation sites (tertiary alicyclic amines) is 1. The van der Waals surface area contributed by atoms with Gasteiger partial charge < -0.3 is 10.6 Å². The van der Waals surface area contributed by atoms with Crippen molar-refractivity contribution < 1.29 is 22.6 Å². The first-order valence-corrected chi connectivity index (χ1v) is 6.74. The fourth-order valence-corrected chi connectivity index (χ4v) is 2.99. The van der Waals surface area contributed by atoms with E-state index < -0.39 is 27.3 Å². The number of carbonyl (C=O) groups excluding carboxylic acids is 2. The van der Waals surface area contributed by atoms with Gasteiger partial charge in [-0.25, -0.2) is 4.79 Å². The number of allylic oxidation sites excluding steroid dienone is 3. The van der Waals surface area contributed by atoms with Crippen LogP contribution < -0.4 is 5.73 Å². The predicted molar refractivity (Wildman–Crippen MR) is 65.9 cm³/mol. The number of nitrogens with two attached hydrogens (primary N) is 1. The van der Waals surface area contributed by atoms with Crippen LogP contribution in [-0.2, 0) is 14.9 Å². The maximum absolute atomic E-state index is 11.7. The van der Waals surface area contributed by atoms with Crippen molar-refractivity contribution in [2.24, 2.45) is 10.7 Å². The lowest BCUT2D eigenvalue weighted by molar-refractivity contribution is -0.108. The van der Waals surface area contributed by atoms with Gasteiger partial charge in [0.15, 0.2) is 5.37 Å². The van der Waals surface area contributed by atoms with E-state index in [1.807, 2.05) is 0 Å². The van der Waals surface area contributed by atoms with Gasteiger partial charge in [-0.05, 0) is 11.6 Å². The second kappa shape index (κ2) is 4.28. The molecule has 1 atom stereocenters. The van der Waals surface area contributed by atoms with Gasteiger partial charge in [0, 0.05) is 25.2 Å². The van der Waals surface area contributed by atoms with Crippen LogP contribution in [0.25, 0.3) is 0 Å². The molecule has 1 fully saturated rings. The highest BCUT2D eigenvalue weighted by atomic mass is 32.2. The number of likely N-dealkylation sites (N-methyl/N-ethyl adjacent to an activating group) is 1. The minimum atomic E-state index is -4.27. The number of amides is 2. The number of carbonyl (C=O) groups is 2. The number of urea groups is 1. The molecular formula is C10H11N3O5S. The van der Waals surface area contributed by atoms with Gasteiger partial charge in [-0.2, -0.15) is 13.4 Å². The molecule has 1 aliphatic heterocycles. The zero-order chi connectivity index (χ0) is 14.4. The van der Waals surface area contributed by atoms with Gasteiger partial charge in [0.2, 0.25) is 5.78 Å². The molecule has 2 rings (SSSR count). The van der Waals surface area contributed by atoms with Crippen LogP contribution in [0.1, 0.15) is 6.42 Å². The van der Waals surface area contributed by atoms with E-state index in [9.17, 15) is 18.0 Å². The number of hydrogen-bond acceptors (Lipinski definition) is 5. The van der Waals surface area contributed by atoms with Crippen molar-refractivity contribution in [2.75, 3.05) is 7.05 Å². The number of primary amides is 1. The van der Waals surface area contributed by atoms with Crippen LogP contribution in [0.2, 0.25) is 0 Å². The molecule has 0 spiro atoms. The fourth-order valence-electron chi connectivity index (χ4n) is 2.08. The van der Waals surface area contributed by atoms with E-state index in [1.54, 1.807) is 0 Å². The summed E-state index contributed by atoms with van der Waals surface area (Å²) in [5, 5.41) is -1.15. The summed E-state index contributed by atoms with van der Waals surface area (Å²) in [6, 6.07) is -1.00. The maximum atomic E-state index is 11.7. The standard InChI is InChI=1S/C10H11N3O5S/c1-13-7-4-8(14)6(12-10(11)15)2-5(7)3-9(13)19(16,17)18/h2,4,9H,3H2,1H3,(H2,11,15)(H,16,17,18)/b12-6+. The summed E-state index contributed by atoms with van der Waals surface area (Å²) in [6.45, 7) is 0. The molecule has 0 bridgehead atoms. The number of aliphatic imine (C=N–C) groups is 1. The third-order valence-electron chi connectivity index (χ3n) is 2.94. The molecule has 2 aliphatic rings. The third-order valence-corrected chi connectivity index (χ3v) is 4.11. The molecular weight excluding hydrogens is 274 g/mol. The lowest BCUT2D eigenvalue weighted by Crippen LogP contribution is -2.32. The van der Waals surface area contributed by atoms with E-state index in [0.29, 0.717) is 11.3 Å². The fraction of sp³-hybridized carbons (Fsp3) is 0.300. The Morgan fingerprint density at radius 3 is 2.68 bits per heavy atom. The van der Waals surface area contributed by atoms with Crippen LogP contribution >= 0.6 is 0 Å². The minimum absolute atomic E-state index is 0.00618. The van der Waals surface area contributed by atoms with Crippen LogP contribution in [0.5, 0.6) is 0 Å². The Morgan fingerprint density at radius 1 is 1.53 bits per heavy atom. The summed E-state index contributed by atoms with van der Waals surface area (Å²) in [5.74, 6) is -0.541. The zero-order valence-corrected chi connectivity index (χ0v) is 10.7. The van der Waals surface area contributed by atoms with Gasteiger partial charge in [-0.3, -0.25) is 9.35 Å². The molecule has 0 aromatic rings. The largest absolute Gasteiger partial charge is 0.356 e. The Labute approximate surface area is 109 Å². The molecule has 0 radical (unpaired) electrons.